The first-order chi connectivity index (χ1) is 16.0. The summed E-state index contributed by atoms with van der Waals surface area (Å²) in [5.41, 5.74) is 1.42. The molecule has 2 aromatic carbocycles. The van der Waals surface area contributed by atoms with Gasteiger partial charge >= 0.3 is 5.97 Å². The van der Waals surface area contributed by atoms with E-state index in [9.17, 15) is 9.90 Å². The third-order valence-corrected chi connectivity index (χ3v) is 6.09. The number of aliphatic imine (C=N–C) groups is 1. The van der Waals surface area contributed by atoms with Crippen molar-refractivity contribution in [2.75, 3.05) is 19.8 Å². The maximum atomic E-state index is 12.6. The van der Waals surface area contributed by atoms with E-state index in [0.717, 1.165) is 9.13 Å². The highest BCUT2D eigenvalue weighted by atomic mass is 127. The van der Waals surface area contributed by atoms with Crippen LogP contribution in [0.25, 0.3) is 6.08 Å². The van der Waals surface area contributed by atoms with Crippen molar-refractivity contribution in [2.45, 2.75) is 13.8 Å². The van der Waals surface area contributed by atoms with Gasteiger partial charge in [0.25, 0.3) is 0 Å². The van der Waals surface area contributed by atoms with Crippen LogP contribution in [0.5, 0.6) is 11.5 Å². The number of carbonyl (C=O) groups excluding carboxylic acids is 1. The van der Waals surface area contributed by atoms with Crippen molar-refractivity contribution in [3.8, 4) is 17.6 Å². The lowest BCUT2D eigenvalue weighted by molar-refractivity contribution is -0.138. The lowest BCUT2D eigenvalue weighted by atomic mass is 10.1. The number of halogens is 1. The van der Waals surface area contributed by atoms with E-state index in [-0.39, 0.29) is 24.5 Å². The van der Waals surface area contributed by atoms with Gasteiger partial charge in [-0.25, -0.2) is 9.79 Å². The minimum absolute atomic E-state index is 0.0330. The van der Waals surface area contributed by atoms with Gasteiger partial charge < -0.3 is 19.3 Å². The molecule has 0 spiro atoms. The lowest BCUT2D eigenvalue weighted by Crippen LogP contribution is -2.12. The van der Waals surface area contributed by atoms with Crippen LogP contribution in [0.2, 0.25) is 0 Å². The fourth-order valence-corrected chi connectivity index (χ4v) is 4.76. The van der Waals surface area contributed by atoms with E-state index in [2.05, 4.69) is 27.6 Å². The third kappa shape index (κ3) is 6.09. The van der Waals surface area contributed by atoms with E-state index in [4.69, 9.17) is 19.5 Å². The molecule has 0 aliphatic carbocycles. The molecule has 0 bridgehead atoms. The number of hydrogen-bond donors (Lipinski definition) is 1. The molecule has 0 saturated heterocycles. The summed E-state index contributed by atoms with van der Waals surface area (Å²) in [6.45, 7) is 4.05. The molecule has 1 aliphatic heterocycles. The Bertz CT molecular complexity index is 1170. The second kappa shape index (κ2) is 11.8. The molecule has 33 heavy (non-hydrogen) atoms. The molecule has 0 saturated carbocycles. The standard InChI is InChI=1S/C24H21IN2O5S/c1-3-30-18-13-15(12-17(25)22(18)32-11-10-26)14-19-21(28)20(24(29)31-4-2)23(33-19)27-16-8-6-5-7-9-16/h5-9,12-14,28H,3-4,11H2,1-2H3/b19-14-,27-23?. The molecule has 170 valence electrons. The summed E-state index contributed by atoms with van der Waals surface area (Å²) in [5, 5.41) is 20.1. The molecule has 0 fully saturated rings. The fourth-order valence-electron chi connectivity index (χ4n) is 2.94. The molecule has 1 heterocycles. The van der Waals surface area contributed by atoms with E-state index < -0.39 is 5.97 Å². The van der Waals surface area contributed by atoms with Crippen molar-refractivity contribution in [3.63, 3.8) is 0 Å². The number of nitriles is 1. The van der Waals surface area contributed by atoms with E-state index in [1.54, 1.807) is 19.1 Å². The molecule has 0 aromatic heterocycles. The summed E-state index contributed by atoms with van der Waals surface area (Å²) >= 11 is 3.29. The molecule has 9 heteroatoms. The van der Waals surface area contributed by atoms with Gasteiger partial charge in [0, 0.05) is 0 Å². The first-order valence-corrected chi connectivity index (χ1v) is 12.0. The fraction of sp³-hybridized carbons (Fsp3) is 0.208. The van der Waals surface area contributed by atoms with Crippen LogP contribution in [-0.2, 0) is 9.53 Å². The summed E-state index contributed by atoms with van der Waals surface area (Å²) < 4.78 is 17.1. The number of nitrogens with zero attached hydrogens (tertiary/aromatic N) is 2. The highest BCUT2D eigenvalue weighted by Gasteiger charge is 2.33. The topological polar surface area (TPSA) is 101 Å². The monoisotopic (exact) mass is 576 g/mol. The summed E-state index contributed by atoms with van der Waals surface area (Å²) in [6, 6.07) is 14.7. The van der Waals surface area contributed by atoms with Crippen molar-refractivity contribution in [1.29, 1.82) is 5.26 Å². The predicted octanol–water partition coefficient (Wildman–Crippen LogP) is 5.79. The number of hydrogen-bond acceptors (Lipinski definition) is 8. The second-order valence-electron chi connectivity index (χ2n) is 6.52. The van der Waals surface area contributed by atoms with Crippen molar-refractivity contribution in [2.24, 2.45) is 4.99 Å². The highest BCUT2D eigenvalue weighted by Crippen LogP contribution is 2.41. The second-order valence-corrected chi connectivity index (χ2v) is 8.71. The van der Waals surface area contributed by atoms with Crippen molar-refractivity contribution in [3.05, 3.63) is 67.8 Å². The number of benzene rings is 2. The van der Waals surface area contributed by atoms with Gasteiger partial charge in [0.05, 0.1) is 27.4 Å². The van der Waals surface area contributed by atoms with E-state index in [1.165, 1.54) is 11.8 Å². The number of thioether (sulfide) groups is 1. The number of ether oxygens (including phenoxy) is 3. The van der Waals surface area contributed by atoms with Crippen LogP contribution < -0.4 is 9.47 Å². The third-order valence-electron chi connectivity index (χ3n) is 4.27. The smallest absolute Gasteiger partial charge is 0.344 e. The van der Waals surface area contributed by atoms with Gasteiger partial charge in [0.1, 0.15) is 22.4 Å². The predicted molar refractivity (Wildman–Crippen MR) is 137 cm³/mol. The quantitative estimate of drug-likeness (QED) is 0.314. The molecule has 0 radical (unpaired) electrons. The number of carbonyl (C=O) groups is 1. The number of esters is 1. The number of para-hydroxylation sites is 1. The normalized spacial score (nSPS) is 15.6. The van der Waals surface area contributed by atoms with Crippen LogP contribution in [0.15, 0.2) is 63.7 Å². The highest BCUT2D eigenvalue weighted by molar-refractivity contribution is 14.1. The Morgan fingerprint density at radius 3 is 2.64 bits per heavy atom. The Morgan fingerprint density at radius 1 is 1.21 bits per heavy atom. The Balaban J connectivity index is 2.05. The zero-order chi connectivity index (χ0) is 23.8. The van der Waals surface area contributed by atoms with E-state index in [0.29, 0.717) is 33.7 Å². The average molecular weight is 576 g/mol. The summed E-state index contributed by atoms with van der Waals surface area (Å²) in [7, 11) is 0. The first kappa shape index (κ1) is 24.7. The van der Waals surface area contributed by atoms with Crippen LogP contribution in [0, 0.1) is 14.9 Å². The van der Waals surface area contributed by atoms with Crippen LogP contribution in [-0.4, -0.2) is 35.9 Å². The van der Waals surface area contributed by atoms with Crippen molar-refractivity contribution in [1.82, 2.24) is 0 Å². The van der Waals surface area contributed by atoms with Crippen LogP contribution in [0.3, 0.4) is 0 Å². The molecule has 3 rings (SSSR count). The Labute approximate surface area is 209 Å². The maximum absolute atomic E-state index is 12.6. The summed E-state index contributed by atoms with van der Waals surface area (Å²) in [5.74, 6) is 0.150. The van der Waals surface area contributed by atoms with Gasteiger partial charge in [-0.2, -0.15) is 5.26 Å². The number of aliphatic hydroxyl groups is 1. The summed E-state index contributed by atoms with van der Waals surface area (Å²) in [6.07, 6.45) is 1.74. The molecule has 0 atom stereocenters. The van der Waals surface area contributed by atoms with Gasteiger partial charge in [-0.05, 0) is 72.3 Å². The number of aliphatic hydroxyl groups excluding tert-OH is 1. The van der Waals surface area contributed by atoms with Gasteiger partial charge in [0.2, 0.25) is 0 Å². The first-order valence-electron chi connectivity index (χ1n) is 10.1. The molecular formula is C24H21IN2O5S. The molecule has 2 aromatic rings. The maximum Gasteiger partial charge on any atom is 0.344 e. The van der Waals surface area contributed by atoms with Gasteiger partial charge in [-0.1, -0.05) is 30.0 Å². The van der Waals surface area contributed by atoms with Crippen LogP contribution in [0.4, 0.5) is 5.69 Å². The minimum Gasteiger partial charge on any atom is -0.506 e. The van der Waals surface area contributed by atoms with Gasteiger partial charge in [0.15, 0.2) is 18.1 Å². The zero-order valence-corrected chi connectivity index (χ0v) is 21.0. The van der Waals surface area contributed by atoms with Gasteiger partial charge in [-0.15, -0.1) is 0 Å². The molecule has 0 unspecified atom stereocenters. The molecule has 1 N–H and O–H groups in total. The summed E-state index contributed by atoms with van der Waals surface area (Å²) in [4.78, 5) is 17.6. The van der Waals surface area contributed by atoms with Crippen molar-refractivity contribution < 1.29 is 24.1 Å². The number of rotatable bonds is 8. The molecule has 1 aliphatic rings. The van der Waals surface area contributed by atoms with Crippen LogP contribution in [0.1, 0.15) is 19.4 Å². The SMILES string of the molecule is CCOC(=O)C1=C(O)/C(=C/c2cc(I)c(OCC#N)c(OCC)c2)SC1=Nc1ccccc1. The van der Waals surface area contributed by atoms with E-state index >= 15 is 0 Å². The minimum atomic E-state index is -0.634. The lowest BCUT2D eigenvalue weighted by Gasteiger charge is -2.13. The zero-order valence-electron chi connectivity index (χ0n) is 18.0. The van der Waals surface area contributed by atoms with Gasteiger partial charge in [-0.3, -0.25) is 0 Å². The Kier molecular flexibility index (Phi) is 8.79. The average Bonchev–Trinajstić information content (AvgIpc) is 3.09. The molecule has 7 nitrogen and oxygen atoms in total. The largest absolute Gasteiger partial charge is 0.506 e. The molecule has 0 amide bonds. The van der Waals surface area contributed by atoms with E-state index in [1.807, 2.05) is 49.4 Å². The Morgan fingerprint density at radius 2 is 1.97 bits per heavy atom. The Hall–Kier alpha value is -2.97. The molecular weight excluding hydrogens is 555 g/mol. The van der Waals surface area contributed by atoms with Crippen molar-refractivity contribution >= 4 is 57.1 Å². The van der Waals surface area contributed by atoms with Crippen LogP contribution >= 0.6 is 34.4 Å².